The largest absolute Gasteiger partial charge is 0.260 e. The fourth-order valence-corrected chi connectivity index (χ4v) is 3.17. The smallest absolute Gasteiger partial charge is 0.192 e. The van der Waals surface area contributed by atoms with Crippen molar-refractivity contribution in [2.45, 2.75) is 13.8 Å². The number of rotatable bonds is 1. The summed E-state index contributed by atoms with van der Waals surface area (Å²) in [6.45, 7) is 4.05. The van der Waals surface area contributed by atoms with Gasteiger partial charge >= 0.3 is 0 Å². The normalized spacial score (nSPS) is 11.0. The van der Waals surface area contributed by atoms with Crippen molar-refractivity contribution < 1.29 is 0 Å². The molecule has 0 radical (unpaired) electrons. The molecule has 0 bridgehead atoms. The second kappa shape index (κ2) is 4.43. The van der Waals surface area contributed by atoms with Crippen LogP contribution in [0.25, 0.3) is 5.95 Å². The van der Waals surface area contributed by atoms with Crippen LogP contribution in [0, 0.1) is 21.4 Å². The minimum atomic E-state index is 0.721. The number of halogens is 3. The molecule has 0 atom stereocenters. The maximum Gasteiger partial charge on any atom is 0.260 e. The molecule has 0 unspecified atom stereocenters. The molecule has 2 aromatic rings. The summed E-state index contributed by atoms with van der Waals surface area (Å²) in [5.41, 5.74) is 2.21. The van der Waals surface area contributed by atoms with Crippen molar-refractivity contribution in [1.82, 2.24) is 22.8 Å². The average molecular weight is 541 g/mol. The Morgan fingerprint density at radius 3 is 2.20 bits per heavy atom. The van der Waals surface area contributed by atoms with Gasteiger partial charge in [-0.05, 0) is 36.4 Å². The molecule has 2 aromatic heterocycles. The summed E-state index contributed by atoms with van der Waals surface area (Å²) >= 11 is 6.45. The van der Waals surface area contributed by atoms with Crippen LogP contribution < -0.4 is 0 Å². The number of hydrogen-bond donors (Lipinski definition) is 0. The van der Waals surface area contributed by atoms with Crippen molar-refractivity contribution in [3.63, 3.8) is 0 Å². The van der Waals surface area contributed by atoms with Gasteiger partial charge in [-0.15, -0.1) is 5.10 Å². The molecular weight excluding hydrogens is 535 g/mol. The van der Waals surface area contributed by atoms with Gasteiger partial charge in [-0.1, -0.05) is 0 Å². The molecule has 0 aliphatic carbocycles. The highest BCUT2D eigenvalue weighted by atomic mass is 127. The lowest BCUT2D eigenvalue weighted by Crippen LogP contribution is -2.04. The molecule has 0 aliphatic heterocycles. The fraction of sp³-hybridized carbons (Fsp3) is 0.286. The van der Waals surface area contributed by atoms with Crippen LogP contribution in [0.3, 0.4) is 0 Å². The van der Waals surface area contributed by atoms with Crippen molar-refractivity contribution in [1.29, 1.82) is 0 Å². The van der Waals surface area contributed by atoms with Gasteiger partial charge in [0.05, 0.1) is 28.6 Å². The molecule has 2 rings (SSSR count). The summed E-state index contributed by atoms with van der Waals surface area (Å²) in [5.74, 6) is 0.737. The minimum absolute atomic E-state index is 0.721. The van der Waals surface area contributed by atoms with E-state index in [4.69, 9.17) is 0 Å². The third kappa shape index (κ3) is 2.16. The van der Waals surface area contributed by atoms with Crippen LogP contribution in [-0.2, 0) is 0 Å². The molecule has 0 N–H and O–H groups in total. The molecule has 0 saturated carbocycles. The topological polar surface area (TPSA) is 48.5 Å². The van der Waals surface area contributed by atoms with E-state index in [0.29, 0.717) is 0 Å². The monoisotopic (exact) mass is 541 g/mol. The van der Waals surface area contributed by atoms with Crippen LogP contribution in [-0.4, -0.2) is 22.8 Å². The maximum absolute atomic E-state index is 4.43. The number of aryl methyl sites for hydroxylation is 1. The quantitative estimate of drug-likeness (QED) is 0.523. The number of hydrogen-bond acceptors (Lipinski definition) is 3. The van der Waals surface area contributed by atoms with Crippen LogP contribution in [0.5, 0.6) is 0 Å². The van der Waals surface area contributed by atoms with Gasteiger partial charge in [0.1, 0.15) is 3.70 Å². The Labute approximate surface area is 128 Å². The Morgan fingerprint density at radius 2 is 1.80 bits per heavy atom. The van der Waals surface area contributed by atoms with Crippen LogP contribution in [0.1, 0.15) is 11.3 Å². The van der Waals surface area contributed by atoms with Crippen LogP contribution in [0.2, 0.25) is 0 Å². The zero-order valence-corrected chi connectivity index (χ0v) is 14.3. The first kappa shape index (κ1) is 12.0. The van der Waals surface area contributed by atoms with Gasteiger partial charge in [0.15, 0.2) is 0 Å². The molecule has 8 heteroatoms. The van der Waals surface area contributed by atoms with E-state index in [2.05, 4.69) is 90.2 Å². The number of aromatic nitrogens is 5. The highest BCUT2D eigenvalue weighted by Crippen LogP contribution is 2.19. The van der Waals surface area contributed by atoms with Crippen LogP contribution in [0.15, 0.2) is 0 Å². The van der Waals surface area contributed by atoms with Gasteiger partial charge in [-0.3, -0.25) is 0 Å². The molecular formula is C7H6I3N5. The Bertz CT molecular complexity index is 515. The van der Waals surface area contributed by atoms with E-state index < -0.39 is 0 Å². The SMILES string of the molecule is Cc1nn(-c2nc(I)nn2I)c(I)c1C. The summed E-state index contributed by atoms with van der Waals surface area (Å²) in [6.07, 6.45) is 0. The Kier molecular flexibility index (Phi) is 3.54. The van der Waals surface area contributed by atoms with E-state index in [0.717, 1.165) is 19.2 Å². The third-order valence-corrected chi connectivity index (χ3v) is 4.38. The Morgan fingerprint density at radius 1 is 1.13 bits per heavy atom. The predicted octanol–water partition coefficient (Wildman–Crippen LogP) is 2.49. The molecule has 5 nitrogen and oxygen atoms in total. The van der Waals surface area contributed by atoms with E-state index >= 15 is 0 Å². The summed E-state index contributed by atoms with van der Waals surface area (Å²) in [6, 6.07) is 0. The van der Waals surface area contributed by atoms with Crippen molar-refractivity contribution in [2.24, 2.45) is 0 Å². The molecule has 0 aromatic carbocycles. The van der Waals surface area contributed by atoms with Gasteiger partial charge < -0.3 is 0 Å². The van der Waals surface area contributed by atoms with Crippen molar-refractivity contribution in [3.8, 4) is 5.95 Å². The standard InChI is InChI=1S/C7H6I3N5/c1-3-4(2)12-14(5(3)8)7-11-6(9)13-15(7)10/h1-2H3. The van der Waals surface area contributed by atoms with E-state index in [1.54, 1.807) is 2.90 Å². The highest BCUT2D eigenvalue weighted by Gasteiger charge is 2.15. The zero-order valence-electron chi connectivity index (χ0n) is 7.87. The molecule has 0 fully saturated rings. The van der Waals surface area contributed by atoms with Crippen LogP contribution >= 0.6 is 68.0 Å². The molecule has 15 heavy (non-hydrogen) atoms. The van der Waals surface area contributed by atoms with Gasteiger partial charge in [0, 0.05) is 28.2 Å². The molecule has 0 spiro atoms. The van der Waals surface area contributed by atoms with Crippen LogP contribution in [0.4, 0.5) is 0 Å². The zero-order chi connectivity index (χ0) is 11.2. The first-order chi connectivity index (χ1) is 7.00. The maximum atomic E-state index is 4.43. The summed E-state index contributed by atoms with van der Waals surface area (Å²) < 4.78 is 5.31. The van der Waals surface area contributed by atoms with E-state index in [1.807, 2.05) is 11.6 Å². The highest BCUT2D eigenvalue weighted by molar-refractivity contribution is 14.1. The Hall–Kier alpha value is 0.540. The molecule has 0 saturated heterocycles. The van der Waals surface area contributed by atoms with Crippen molar-refractivity contribution in [3.05, 3.63) is 18.8 Å². The summed E-state index contributed by atoms with van der Waals surface area (Å²) in [5, 5.41) is 8.61. The lowest BCUT2D eigenvalue weighted by Gasteiger charge is -1.99. The first-order valence-electron chi connectivity index (χ1n) is 4.01. The molecule has 2 heterocycles. The summed E-state index contributed by atoms with van der Waals surface area (Å²) in [7, 11) is 0. The van der Waals surface area contributed by atoms with E-state index in [-0.39, 0.29) is 0 Å². The summed E-state index contributed by atoms with van der Waals surface area (Å²) in [4.78, 5) is 4.32. The predicted molar refractivity (Wildman–Crippen MR) is 81.5 cm³/mol. The molecule has 0 aliphatic rings. The fourth-order valence-electron chi connectivity index (χ4n) is 1.10. The average Bonchev–Trinajstić information content (AvgIpc) is 2.61. The minimum Gasteiger partial charge on any atom is -0.192 e. The second-order valence-electron chi connectivity index (χ2n) is 2.95. The lowest BCUT2D eigenvalue weighted by atomic mass is 10.3. The van der Waals surface area contributed by atoms with Gasteiger partial charge in [0.2, 0.25) is 3.83 Å². The second-order valence-corrected chi connectivity index (χ2v) is 5.85. The van der Waals surface area contributed by atoms with Gasteiger partial charge in [-0.2, -0.15) is 17.7 Å². The third-order valence-electron chi connectivity index (χ3n) is 2.01. The first-order valence-corrected chi connectivity index (χ1v) is 7.13. The Balaban J connectivity index is 2.64. The van der Waals surface area contributed by atoms with Gasteiger partial charge in [0.25, 0.3) is 5.95 Å². The van der Waals surface area contributed by atoms with E-state index in [9.17, 15) is 0 Å². The van der Waals surface area contributed by atoms with Crippen molar-refractivity contribution in [2.75, 3.05) is 0 Å². The van der Waals surface area contributed by atoms with E-state index in [1.165, 1.54) is 5.56 Å². The molecule has 0 amide bonds. The number of nitrogens with zero attached hydrogens (tertiary/aromatic N) is 5. The lowest BCUT2D eigenvalue weighted by molar-refractivity contribution is 0.778. The molecule has 80 valence electrons. The van der Waals surface area contributed by atoms with Gasteiger partial charge in [-0.25, -0.2) is 0 Å². The van der Waals surface area contributed by atoms with Crippen molar-refractivity contribution >= 4 is 68.0 Å².